The summed E-state index contributed by atoms with van der Waals surface area (Å²) < 4.78 is 2.25. The van der Waals surface area contributed by atoms with Crippen molar-refractivity contribution in [3.8, 4) is 0 Å². The minimum absolute atomic E-state index is 0.482. The van der Waals surface area contributed by atoms with Gasteiger partial charge in [-0.3, -0.25) is 4.99 Å². The van der Waals surface area contributed by atoms with Gasteiger partial charge in [-0.1, -0.05) is 6.92 Å². The molecule has 2 atom stereocenters. The van der Waals surface area contributed by atoms with E-state index in [4.69, 9.17) is 0 Å². The molecule has 0 saturated carbocycles. The number of aliphatic imine (C=N–C) groups is 1. The van der Waals surface area contributed by atoms with Crippen molar-refractivity contribution in [3.05, 3.63) is 18.7 Å². The van der Waals surface area contributed by atoms with Gasteiger partial charge in [0.25, 0.3) is 0 Å². The van der Waals surface area contributed by atoms with Crippen LogP contribution in [0, 0.1) is 11.8 Å². The summed E-state index contributed by atoms with van der Waals surface area (Å²) >= 11 is 2.09. The predicted molar refractivity (Wildman–Crippen MR) is 98.0 cm³/mol. The van der Waals surface area contributed by atoms with Crippen molar-refractivity contribution in [2.75, 3.05) is 38.2 Å². The zero-order chi connectivity index (χ0) is 16.1. The third-order valence-electron chi connectivity index (χ3n) is 5.23. The van der Waals surface area contributed by atoms with Crippen LogP contribution in [0.3, 0.4) is 0 Å². The van der Waals surface area contributed by atoms with Gasteiger partial charge < -0.3 is 14.8 Å². The summed E-state index contributed by atoms with van der Waals surface area (Å²) in [6.45, 7) is 5.51. The first-order valence-corrected chi connectivity index (χ1v) is 9.94. The van der Waals surface area contributed by atoms with Crippen LogP contribution in [-0.4, -0.2) is 58.6 Å². The van der Waals surface area contributed by atoms with Gasteiger partial charge >= 0.3 is 0 Å². The Bertz CT molecular complexity index is 495. The zero-order valence-electron chi connectivity index (χ0n) is 14.3. The first kappa shape index (κ1) is 16.7. The Balaban J connectivity index is 1.57. The number of hydrogen-bond donors (Lipinski definition) is 1. The number of nitrogens with zero attached hydrogens (tertiary/aromatic N) is 4. The van der Waals surface area contributed by atoms with Crippen molar-refractivity contribution in [2.24, 2.45) is 16.8 Å². The van der Waals surface area contributed by atoms with E-state index in [1.54, 1.807) is 0 Å². The Kier molecular flexibility index (Phi) is 5.86. The molecule has 128 valence electrons. The Hall–Kier alpha value is -1.17. The van der Waals surface area contributed by atoms with Gasteiger partial charge in [-0.05, 0) is 42.6 Å². The van der Waals surface area contributed by atoms with Crippen LogP contribution in [0.5, 0.6) is 0 Å². The van der Waals surface area contributed by atoms with Crippen LogP contribution < -0.4 is 5.32 Å². The molecule has 1 N–H and O–H groups in total. The molecule has 0 amide bonds. The van der Waals surface area contributed by atoms with E-state index in [1.807, 2.05) is 19.6 Å². The van der Waals surface area contributed by atoms with Gasteiger partial charge in [0.1, 0.15) is 0 Å². The van der Waals surface area contributed by atoms with Crippen LogP contribution in [0.4, 0.5) is 0 Å². The molecule has 1 aromatic heterocycles. The fourth-order valence-corrected chi connectivity index (χ4v) is 4.82. The van der Waals surface area contributed by atoms with Gasteiger partial charge in [-0.15, -0.1) is 0 Å². The van der Waals surface area contributed by atoms with E-state index < -0.39 is 0 Å². The largest absolute Gasteiger partial charge is 0.356 e. The molecule has 2 aliphatic rings. The predicted octanol–water partition coefficient (Wildman–Crippen LogP) is 2.48. The Morgan fingerprint density at radius 3 is 2.87 bits per heavy atom. The Morgan fingerprint density at radius 2 is 2.17 bits per heavy atom. The lowest BCUT2D eigenvalue weighted by Gasteiger charge is -2.39. The third kappa shape index (κ3) is 4.22. The standard InChI is InChI=1S/C17H29N5S/c1-14-3-7-21(12-16(14)22-8-6-19-13-22)17(18-2)20-11-15-4-9-23-10-5-15/h6,8,13-16H,3-5,7,9-12H2,1-2H3,(H,18,20). The van der Waals surface area contributed by atoms with Crippen LogP contribution in [0.25, 0.3) is 0 Å². The molecular formula is C17H29N5S. The second-order valence-electron chi connectivity index (χ2n) is 6.77. The number of guanidine groups is 1. The number of nitrogens with one attached hydrogen (secondary N) is 1. The minimum Gasteiger partial charge on any atom is -0.356 e. The summed E-state index contributed by atoms with van der Waals surface area (Å²) in [5.74, 6) is 5.18. The first-order valence-electron chi connectivity index (χ1n) is 8.78. The highest BCUT2D eigenvalue weighted by Gasteiger charge is 2.29. The fraction of sp³-hybridized carbons (Fsp3) is 0.765. The molecule has 2 fully saturated rings. The van der Waals surface area contributed by atoms with Gasteiger partial charge in [0.2, 0.25) is 0 Å². The van der Waals surface area contributed by atoms with E-state index >= 15 is 0 Å². The SMILES string of the molecule is CN=C(NCC1CCSCC1)N1CCC(C)C(n2ccnc2)C1. The van der Waals surface area contributed by atoms with Crippen molar-refractivity contribution >= 4 is 17.7 Å². The lowest BCUT2D eigenvalue weighted by Crippen LogP contribution is -2.49. The summed E-state index contributed by atoms with van der Waals surface area (Å²) in [7, 11) is 1.91. The summed E-state index contributed by atoms with van der Waals surface area (Å²) in [6, 6.07) is 0.482. The second kappa shape index (κ2) is 8.08. The summed E-state index contributed by atoms with van der Waals surface area (Å²) in [4.78, 5) is 11.2. The summed E-state index contributed by atoms with van der Waals surface area (Å²) in [6.07, 6.45) is 9.78. The van der Waals surface area contributed by atoms with Crippen LogP contribution in [0.1, 0.15) is 32.2 Å². The highest BCUT2D eigenvalue weighted by Crippen LogP contribution is 2.27. The molecule has 2 unspecified atom stereocenters. The molecule has 3 rings (SSSR count). The molecule has 0 aromatic carbocycles. The van der Waals surface area contributed by atoms with Crippen molar-refractivity contribution in [2.45, 2.75) is 32.2 Å². The van der Waals surface area contributed by atoms with E-state index in [9.17, 15) is 0 Å². The molecule has 0 aliphatic carbocycles. The molecular weight excluding hydrogens is 306 g/mol. The van der Waals surface area contributed by atoms with Crippen molar-refractivity contribution in [1.82, 2.24) is 19.8 Å². The Labute approximate surface area is 143 Å². The number of thioether (sulfide) groups is 1. The minimum atomic E-state index is 0.482. The van der Waals surface area contributed by atoms with Crippen molar-refractivity contribution in [3.63, 3.8) is 0 Å². The van der Waals surface area contributed by atoms with Gasteiger partial charge in [-0.2, -0.15) is 11.8 Å². The van der Waals surface area contributed by atoms with Crippen LogP contribution in [0.15, 0.2) is 23.7 Å². The Morgan fingerprint density at radius 1 is 1.35 bits per heavy atom. The van der Waals surface area contributed by atoms with E-state index in [-0.39, 0.29) is 0 Å². The van der Waals surface area contributed by atoms with E-state index in [0.29, 0.717) is 12.0 Å². The molecule has 0 spiro atoms. The van der Waals surface area contributed by atoms with E-state index in [0.717, 1.165) is 31.5 Å². The molecule has 3 heterocycles. The third-order valence-corrected chi connectivity index (χ3v) is 6.28. The molecule has 6 heteroatoms. The van der Waals surface area contributed by atoms with Crippen LogP contribution >= 0.6 is 11.8 Å². The molecule has 23 heavy (non-hydrogen) atoms. The molecule has 0 radical (unpaired) electrons. The number of piperidine rings is 1. The maximum atomic E-state index is 4.54. The molecule has 0 bridgehead atoms. The van der Waals surface area contributed by atoms with Crippen LogP contribution in [0.2, 0.25) is 0 Å². The number of rotatable bonds is 3. The molecule has 2 saturated heterocycles. The molecule has 1 aromatic rings. The number of likely N-dealkylation sites (tertiary alicyclic amines) is 1. The average molecular weight is 336 g/mol. The first-order chi connectivity index (χ1) is 11.3. The highest BCUT2D eigenvalue weighted by atomic mass is 32.2. The second-order valence-corrected chi connectivity index (χ2v) is 8.00. The molecule has 5 nitrogen and oxygen atoms in total. The normalized spacial score (nSPS) is 27.2. The summed E-state index contributed by atoms with van der Waals surface area (Å²) in [5.41, 5.74) is 0. The smallest absolute Gasteiger partial charge is 0.193 e. The average Bonchev–Trinajstić information content (AvgIpc) is 3.12. The highest BCUT2D eigenvalue weighted by molar-refractivity contribution is 7.99. The summed E-state index contributed by atoms with van der Waals surface area (Å²) in [5, 5.41) is 3.63. The van der Waals surface area contributed by atoms with Gasteiger partial charge in [-0.25, -0.2) is 4.98 Å². The lowest BCUT2D eigenvalue weighted by molar-refractivity contribution is 0.188. The van der Waals surface area contributed by atoms with E-state index in [2.05, 4.69) is 49.6 Å². The van der Waals surface area contributed by atoms with Gasteiger partial charge in [0, 0.05) is 39.1 Å². The monoisotopic (exact) mass is 335 g/mol. The van der Waals surface area contributed by atoms with Crippen LogP contribution in [-0.2, 0) is 0 Å². The maximum absolute atomic E-state index is 4.54. The number of imidazole rings is 1. The van der Waals surface area contributed by atoms with E-state index in [1.165, 1.54) is 30.8 Å². The van der Waals surface area contributed by atoms with Crippen molar-refractivity contribution < 1.29 is 0 Å². The maximum Gasteiger partial charge on any atom is 0.193 e. The lowest BCUT2D eigenvalue weighted by atomic mass is 9.93. The topological polar surface area (TPSA) is 45.5 Å². The zero-order valence-corrected chi connectivity index (χ0v) is 15.1. The number of aromatic nitrogens is 2. The van der Waals surface area contributed by atoms with Crippen molar-refractivity contribution in [1.29, 1.82) is 0 Å². The van der Waals surface area contributed by atoms with Gasteiger partial charge in [0.05, 0.1) is 12.4 Å². The quantitative estimate of drug-likeness (QED) is 0.681. The number of hydrogen-bond acceptors (Lipinski definition) is 3. The van der Waals surface area contributed by atoms with Gasteiger partial charge in [0.15, 0.2) is 5.96 Å². The molecule has 2 aliphatic heterocycles. The fourth-order valence-electron chi connectivity index (χ4n) is 3.61.